The number of benzene rings is 2. The molecule has 0 unspecified atom stereocenters. The fourth-order valence-electron chi connectivity index (χ4n) is 3.25. The van der Waals surface area contributed by atoms with E-state index >= 15 is 0 Å². The molecule has 2 nitrogen and oxygen atoms in total. The lowest BCUT2D eigenvalue weighted by atomic mass is 10.0. The quantitative estimate of drug-likeness (QED) is 0.438. The highest BCUT2D eigenvalue weighted by atomic mass is 14.9. The van der Waals surface area contributed by atoms with E-state index < -0.39 is 0 Å². The molecule has 0 saturated carbocycles. The molecule has 0 radical (unpaired) electrons. The summed E-state index contributed by atoms with van der Waals surface area (Å²) in [7, 11) is 2.11. The number of nitrogens with one attached hydrogen (secondary N) is 1. The van der Waals surface area contributed by atoms with Gasteiger partial charge in [-0.05, 0) is 43.0 Å². The highest BCUT2D eigenvalue weighted by Gasteiger charge is 2.07. The third-order valence-electron chi connectivity index (χ3n) is 4.77. The largest absolute Gasteiger partial charge is 0.358 e. The van der Waals surface area contributed by atoms with Crippen molar-refractivity contribution < 1.29 is 0 Å². The minimum absolute atomic E-state index is 0.603. The van der Waals surface area contributed by atoms with Gasteiger partial charge in [0.15, 0.2) is 0 Å². The van der Waals surface area contributed by atoms with E-state index in [1.54, 1.807) is 0 Å². The number of aromatic amines is 1. The zero-order valence-electron chi connectivity index (χ0n) is 15.2. The van der Waals surface area contributed by atoms with Crippen molar-refractivity contribution in [1.29, 1.82) is 0 Å². The van der Waals surface area contributed by atoms with Crippen LogP contribution in [0.15, 0.2) is 54.7 Å². The van der Waals surface area contributed by atoms with Crippen LogP contribution in [-0.2, 0) is 7.05 Å². The molecule has 2 aromatic heterocycles. The van der Waals surface area contributed by atoms with E-state index in [9.17, 15) is 0 Å². The molecule has 0 atom stereocenters. The van der Waals surface area contributed by atoms with Crippen LogP contribution in [0.5, 0.6) is 0 Å². The predicted molar refractivity (Wildman–Crippen MR) is 105 cm³/mol. The Hall–Kier alpha value is -2.48. The van der Waals surface area contributed by atoms with Gasteiger partial charge in [-0.1, -0.05) is 50.2 Å². The van der Waals surface area contributed by atoms with Crippen molar-refractivity contribution in [3.63, 3.8) is 0 Å². The molecule has 2 heteroatoms. The third-order valence-corrected chi connectivity index (χ3v) is 4.77. The number of aryl methyl sites for hydroxylation is 3. The van der Waals surface area contributed by atoms with Crippen molar-refractivity contribution in [2.45, 2.75) is 33.6 Å². The third kappa shape index (κ3) is 2.96. The Morgan fingerprint density at radius 3 is 2.17 bits per heavy atom. The molecule has 124 valence electrons. The lowest BCUT2D eigenvalue weighted by molar-refractivity contribution is 0.857. The second-order valence-electron chi connectivity index (χ2n) is 6.79. The topological polar surface area (TPSA) is 20.7 Å². The van der Waals surface area contributed by atoms with Gasteiger partial charge in [0, 0.05) is 40.7 Å². The van der Waals surface area contributed by atoms with Crippen LogP contribution in [0.4, 0.5) is 0 Å². The van der Waals surface area contributed by atoms with Gasteiger partial charge < -0.3 is 9.55 Å². The first kappa shape index (κ1) is 16.4. The summed E-state index contributed by atoms with van der Waals surface area (Å²) in [6.07, 6.45) is 2.23. The zero-order chi connectivity index (χ0) is 17.3. The number of para-hydroxylation sites is 2. The monoisotopic (exact) mass is 318 g/mol. The van der Waals surface area contributed by atoms with E-state index in [0.29, 0.717) is 5.92 Å². The van der Waals surface area contributed by atoms with Crippen LogP contribution in [0, 0.1) is 13.8 Å². The average Bonchev–Trinajstić information content (AvgIpc) is 3.07. The molecule has 2 aromatic carbocycles. The maximum Gasteiger partial charge on any atom is 0.0480 e. The highest BCUT2D eigenvalue weighted by Crippen LogP contribution is 2.26. The number of H-pyrrole nitrogens is 1. The molecule has 24 heavy (non-hydrogen) atoms. The second kappa shape index (κ2) is 6.56. The van der Waals surface area contributed by atoms with Crippen molar-refractivity contribution in [1.82, 2.24) is 9.55 Å². The Morgan fingerprint density at radius 2 is 1.50 bits per heavy atom. The molecule has 0 aliphatic carbocycles. The number of hydrogen-bond acceptors (Lipinski definition) is 0. The van der Waals surface area contributed by atoms with Crippen LogP contribution in [0.25, 0.3) is 21.8 Å². The van der Waals surface area contributed by atoms with Crippen LogP contribution < -0.4 is 0 Å². The Morgan fingerprint density at radius 1 is 0.875 bits per heavy atom. The van der Waals surface area contributed by atoms with Crippen molar-refractivity contribution in [3.05, 3.63) is 71.5 Å². The molecule has 1 N–H and O–H groups in total. The van der Waals surface area contributed by atoms with Crippen molar-refractivity contribution in [2.24, 2.45) is 7.05 Å². The standard InChI is InChI=1S/C12H15N.C10H11N/c1-9(2)11-8-13(3)12-7-5-4-6-10(11)12;1-7-8(2)11-10-6-4-3-5-9(7)10/h4-9H,1-3H3;3-6,11H,1-2H3. The summed E-state index contributed by atoms with van der Waals surface area (Å²) < 4.78 is 2.20. The first-order valence-corrected chi connectivity index (χ1v) is 8.57. The van der Waals surface area contributed by atoms with E-state index in [2.05, 4.69) is 99.0 Å². The molecule has 0 aliphatic heterocycles. The maximum absolute atomic E-state index is 3.33. The first-order valence-electron chi connectivity index (χ1n) is 8.57. The van der Waals surface area contributed by atoms with Gasteiger partial charge in [-0.15, -0.1) is 0 Å². The molecule has 0 bridgehead atoms. The van der Waals surface area contributed by atoms with Crippen molar-refractivity contribution in [3.8, 4) is 0 Å². The predicted octanol–water partition coefficient (Wildman–Crippen LogP) is 6.09. The summed E-state index contributed by atoms with van der Waals surface area (Å²) in [4.78, 5) is 3.33. The normalized spacial score (nSPS) is 11.1. The lowest BCUT2D eigenvalue weighted by Crippen LogP contribution is -1.84. The summed E-state index contributed by atoms with van der Waals surface area (Å²) >= 11 is 0. The number of rotatable bonds is 1. The van der Waals surface area contributed by atoms with Gasteiger partial charge in [0.2, 0.25) is 0 Å². The number of aromatic nitrogens is 2. The number of hydrogen-bond donors (Lipinski definition) is 1. The van der Waals surface area contributed by atoms with E-state index in [4.69, 9.17) is 0 Å². The minimum Gasteiger partial charge on any atom is -0.358 e. The average molecular weight is 318 g/mol. The molecule has 0 aliphatic rings. The lowest BCUT2D eigenvalue weighted by Gasteiger charge is -2.00. The van der Waals surface area contributed by atoms with Gasteiger partial charge in [-0.25, -0.2) is 0 Å². The van der Waals surface area contributed by atoms with Gasteiger partial charge in [0.25, 0.3) is 0 Å². The van der Waals surface area contributed by atoms with Crippen LogP contribution >= 0.6 is 0 Å². The highest BCUT2D eigenvalue weighted by molar-refractivity contribution is 5.84. The molecule has 4 aromatic rings. The maximum atomic E-state index is 3.33. The Bertz CT molecular complexity index is 970. The van der Waals surface area contributed by atoms with Crippen LogP contribution in [0.1, 0.15) is 36.6 Å². The van der Waals surface area contributed by atoms with E-state index in [1.165, 1.54) is 38.6 Å². The molecular weight excluding hydrogens is 292 g/mol. The van der Waals surface area contributed by atoms with Crippen molar-refractivity contribution in [2.75, 3.05) is 0 Å². The van der Waals surface area contributed by atoms with Crippen molar-refractivity contribution >= 4 is 21.8 Å². The van der Waals surface area contributed by atoms with E-state index in [1.807, 2.05) is 0 Å². The molecule has 0 spiro atoms. The van der Waals surface area contributed by atoms with Gasteiger partial charge in [0.05, 0.1) is 0 Å². The van der Waals surface area contributed by atoms with E-state index in [-0.39, 0.29) is 0 Å². The Balaban J connectivity index is 0.000000143. The Kier molecular flexibility index (Phi) is 4.48. The van der Waals surface area contributed by atoms with Gasteiger partial charge >= 0.3 is 0 Å². The van der Waals surface area contributed by atoms with Gasteiger partial charge in [0.1, 0.15) is 0 Å². The Labute approximate surface area is 144 Å². The van der Waals surface area contributed by atoms with E-state index in [0.717, 1.165) is 0 Å². The molecule has 0 fully saturated rings. The second-order valence-corrected chi connectivity index (χ2v) is 6.79. The summed E-state index contributed by atoms with van der Waals surface area (Å²) in [6.45, 7) is 8.73. The fraction of sp³-hybridized carbons (Fsp3) is 0.273. The SMILES string of the molecule is CC(C)c1cn(C)c2ccccc12.Cc1[nH]c2ccccc2c1C. The van der Waals surface area contributed by atoms with Crippen LogP contribution in [0.2, 0.25) is 0 Å². The number of fused-ring (bicyclic) bond motifs is 2. The zero-order valence-corrected chi connectivity index (χ0v) is 15.2. The molecule has 4 rings (SSSR count). The minimum atomic E-state index is 0.603. The molecule has 2 heterocycles. The fourth-order valence-corrected chi connectivity index (χ4v) is 3.25. The van der Waals surface area contributed by atoms with Crippen LogP contribution in [-0.4, -0.2) is 9.55 Å². The van der Waals surface area contributed by atoms with Gasteiger partial charge in [-0.2, -0.15) is 0 Å². The number of nitrogens with zero attached hydrogens (tertiary/aromatic N) is 1. The molecular formula is C22H26N2. The summed E-state index contributed by atoms with van der Waals surface area (Å²) in [5, 5.41) is 2.73. The smallest absolute Gasteiger partial charge is 0.0480 e. The summed E-state index contributed by atoms with van der Waals surface area (Å²) in [6, 6.07) is 16.9. The first-order chi connectivity index (χ1) is 11.5. The summed E-state index contributed by atoms with van der Waals surface area (Å²) in [5.41, 5.74) is 6.64. The molecule has 0 saturated heterocycles. The molecule has 0 amide bonds. The van der Waals surface area contributed by atoms with Crippen LogP contribution in [0.3, 0.4) is 0 Å². The van der Waals surface area contributed by atoms with Gasteiger partial charge in [-0.3, -0.25) is 0 Å². The summed E-state index contributed by atoms with van der Waals surface area (Å²) in [5.74, 6) is 0.603.